The van der Waals surface area contributed by atoms with E-state index in [4.69, 9.17) is 9.73 Å². The van der Waals surface area contributed by atoms with Gasteiger partial charge in [-0.1, -0.05) is 5.16 Å². The van der Waals surface area contributed by atoms with Gasteiger partial charge in [0.05, 0.1) is 12.1 Å². The van der Waals surface area contributed by atoms with Gasteiger partial charge in [0, 0.05) is 5.56 Å². The molecule has 0 aliphatic heterocycles. The summed E-state index contributed by atoms with van der Waals surface area (Å²) in [6.07, 6.45) is 0.0949. The van der Waals surface area contributed by atoms with Crippen molar-refractivity contribution >= 4 is 5.91 Å². The molecule has 0 fully saturated rings. The minimum Gasteiger partial charge on any atom is -0.361 e. The summed E-state index contributed by atoms with van der Waals surface area (Å²) in [4.78, 5) is 10.8. The lowest BCUT2D eigenvalue weighted by Gasteiger charge is -1.96. The van der Waals surface area contributed by atoms with Crippen LogP contribution in [0.5, 0.6) is 0 Å². The number of hydrogen-bond donors (Lipinski definition) is 2. The molecule has 0 radical (unpaired) electrons. The fraction of sp³-hybridized carbons (Fsp3) is 0.429. The highest BCUT2D eigenvalue weighted by molar-refractivity contribution is 5.77. The van der Waals surface area contributed by atoms with Crippen molar-refractivity contribution in [1.82, 2.24) is 10.6 Å². The summed E-state index contributed by atoms with van der Waals surface area (Å²) in [7, 11) is 0. The standard InChI is InChI=1S/C7H10N2O3/c1-4-6(3-7(10)8-11)5(2)12-9-4/h11H,3H2,1-2H3,(H,8,10). The Morgan fingerprint density at radius 1 is 1.67 bits per heavy atom. The molecule has 1 amide bonds. The third kappa shape index (κ3) is 1.62. The Kier molecular flexibility index (Phi) is 2.44. The third-order valence-corrected chi connectivity index (χ3v) is 1.64. The molecule has 2 N–H and O–H groups in total. The number of hydroxylamine groups is 1. The lowest BCUT2D eigenvalue weighted by molar-refractivity contribution is -0.128. The van der Waals surface area contributed by atoms with Gasteiger partial charge in [0.1, 0.15) is 5.76 Å². The van der Waals surface area contributed by atoms with Crippen molar-refractivity contribution in [3.8, 4) is 0 Å². The molecule has 1 aromatic heterocycles. The Bertz CT molecular complexity index is 273. The second kappa shape index (κ2) is 3.36. The number of carbonyl (C=O) groups is 1. The zero-order valence-electron chi connectivity index (χ0n) is 6.92. The van der Waals surface area contributed by atoms with Crippen molar-refractivity contribution in [2.45, 2.75) is 20.3 Å². The van der Waals surface area contributed by atoms with Crippen LogP contribution in [0.3, 0.4) is 0 Å². The molecule has 0 aromatic carbocycles. The fourth-order valence-corrected chi connectivity index (χ4v) is 0.954. The fourth-order valence-electron chi connectivity index (χ4n) is 0.954. The molecule has 1 aromatic rings. The van der Waals surface area contributed by atoms with E-state index in [2.05, 4.69) is 5.16 Å². The molecule has 0 atom stereocenters. The van der Waals surface area contributed by atoms with Gasteiger partial charge in [-0.15, -0.1) is 0 Å². The van der Waals surface area contributed by atoms with Crippen molar-refractivity contribution in [2.75, 3.05) is 0 Å². The van der Waals surface area contributed by atoms with Crippen molar-refractivity contribution < 1.29 is 14.5 Å². The number of nitrogens with zero attached hydrogens (tertiary/aromatic N) is 1. The van der Waals surface area contributed by atoms with Crippen LogP contribution >= 0.6 is 0 Å². The number of nitrogens with one attached hydrogen (secondary N) is 1. The summed E-state index contributed by atoms with van der Waals surface area (Å²) in [5.74, 6) is 0.139. The van der Waals surface area contributed by atoms with Gasteiger partial charge in [-0.05, 0) is 13.8 Å². The number of amides is 1. The molecule has 12 heavy (non-hydrogen) atoms. The molecular weight excluding hydrogens is 160 g/mol. The first-order valence-corrected chi connectivity index (χ1v) is 3.50. The highest BCUT2D eigenvalue weighted by Crippen LogP contribution is 2.12. The highest BCUT2D eigenvalue weighted by Gasteiger charge is 2.12. The second-order valence-electron chi connectivity index (χ2n) is 2.51. The Balaban J connectivity index is 2.80. The summed E-state index contributed by atoms with van der Waals surface area (Å²) >= 11 is 0. The maximum Gasteiger partial charge on any atom is 0.247 e. The van der Waals surface area contributed by atoms with Gasteiger partial charge in [0.15, 0.2) is 0 Å². The molecule has 0 bridgehead atoms. The summed E-state index contributed by atoms with van der Waals surface area (Å²) in [6, 6.07) is 0. The van der Waals surface area contributed by atoms with Gasteiger partial charge < -0.3 is 4.52 Å². The first-order valence-electron chi connectivity index (χ1n) is 3.50. The predicted molar refractivity (Wildman–Crippen MR) is 39.6 cm³/mol. The van der Waals surface area contributed by atoms with Crippen LogP contribution < -0.4 is 5.48 Å². The quantitative estimate of drug-likeness (QED) is 0.495. The van der Waals surface area contributed by atoms with Gasteiger partial charge in [0.25, 0.3) is 0 Å². The van der Waals surface area contributed by atoms with Crippen LogP contribution in [0.15, 0.2) is 4.52 Å². The van der Waals surface area contributed by atoms with E-state index in [1.807, 2.05) is 0 Å². The Morgan fingerprint density at radius 3 is 2.75 bits per heavy atom. The smallest absolute Gasteiger partial charge is 0.247 e. The molecule has 1 rings (SSSR count). The van der Waals surface area contributed by atoms with Crippen LogP contribution in [0, 0.1) is 13.8 Å². The Labute approximate surface area is 69.3 Å². The minimum absolute atomic E-state index is 0.0949. The number of hydrogen-bond acceptors (Lipinski definition) is 4. The number of aryl methyl sites for hydroxylation is 2. The van der Waals surface area contributed by atoms with Gasteiger partial charge in [-0.2, -0.15) is 0 Å². The summed E-state index contributed by atoms with van der Waals surface area (Å²) in [5, 5.41) is 11.9. The van der Waals surface area contributed by atoms with Gasteiger partial charge >= 0.3 is 0 Å². The van der Waals surface area contributed by atoms with E-state index >= 15 is 0 Å². The molecule has 1 heterocycles. The second-order valence-corrected chi connectivity index (χ2v) is 2.51. The molecule has 5 heteroatoms. The molecular formula is C7H10N2O3. The van der Waals surface area contributed by atoms with Crippen LogP contribution in [-0.4, -0.2) is 16.3 Å². The number of carbonyl (C=O) groups excluding carboxylic acids is 1. The lowest BCUT2D eigenvalue weighted by Crippen LogP contribution is -2.21. The van der Waals surface area contributed by atoms with Crippen molar-refractivity contribution in [2.24, 2.45) is 0 Å². The molecule has 0 aliphatic carbocycles. The van der Waals surface area contributed by atoms with Crippen LogP contribution in [0.1, 0.15) is 17.0 Å². The van der Waals surface area contributed by atoms with Gasteiger partial charge in [0.2, 0.25) is 5.91 Å². The zero-order valence-corrected chi connectivity index (χ0v) is 6.92. The van der Waals surface area contributed by atoms with Crippen LogP contribution in [0.2, 0.25) is 0 Å². The van der Waals surface area contributed by atoms with E-state index in [1.165, 1.54) is 0 Å². The highest BCUT2D eigenvalue weighted by atomic mass is 16.5. The van der Waals surface area contributed by atoms with Crippen molar-refractivity contribution in [3.05, 3.63) is 17.0 Å². The number of aromatic nitrogens is 1. The molecule has 5 nitrogen and oxygen atoms in total. The monoisotopic (exact) mass is 170 g/mol. The maximum absolute atomic E-state index is 10.8. The van der Waals surface area contributed by atoms with E-state index in [0.29, 0.717) is 11.5 Å². The average Bonchev–Trinajstić information content (AvgIpc) is 2.35. The normalized spacial score (nSPS) is 9.92. The summed E-state index contributed by atoms with van der Waals surface area (Å²) in [5.41, 5.74) is 2.95. The average molecular weight is 170 g/mol. The largest absolute Gasteiger partial charge is 0.361 e. The zero-order chi connectivity index (χ0) is 9.14. The first-order chi connectivity index (χ1) is 5.65. The topological polar surface area (TPSA) is 75.4 Å². The van der Waals surface area contributed by atoms with Gasteiger partial charge in [-0.25, -0.2) is 5.48 Å². The predicted octanol–water partition coefficient (Wildman–Crippen LogP) is 0.339. The van der Waals surface area contributed by atoms with Gasteiger partial charge in [-0.3, -0.25) is 10.0 Å². The third-order valence-electron chi connectivity index (χ3n) is 1.64. The van der Waals surface area contributed by atoms with Crippen LogP contribution in [0.4, 0.5) is 0 Å². The Hall–Kier alpha value is -1.36. The summed E-state index contributed by atoms with van der Waals surface area (Å²) < 4.78 is 4.83. The molecule has 0 aliphatic rings. The number of rotatable bonds is 2. The molecule has 0 saturated carbocycles. The van der Waals surface area contributed by atoms with Crippen molar-refractivity contribution in [1.29, 1.82) is 0 Å². The Morgan fingerprint density at radius 2 is 2.33 bits per heavy atom. The molecule has 0 spiro atoms. The van der Waals surface area contributed by atoms with E-state index in [0.717, 1.165) is 5.56 Å². The SMILES string of the molecule is Cc1noc(C)c1CC(=O)NO. The molecule has 66 valence electrons. The van der Waals surface area contributed by atoms with E-state index in [9.17, 15) is 4.79 Å². The lowest BCUT2D eigenvalue weighted by atomic mass is 10.1. The van der Waals surface area contributed by atoms with E-state index in [1.54, 1.807) is 19.3 Å². The maximum atomic E-state index is 10.8. The first kappa shape index (κ1) is 8.73. The van der Waals surface area contributed by atoms with E-state index in [-0.39, 0.29) is 6.42 Å². The minimum atomic E-state index is -0.468. The van der Waals surface area contributed by atoms with Crippen LogP contribution in [0.25, 0.3) is 0 Å². The van der Waals surface area contributed by atoms with E-state index < -0.39 is 5.91 Å². The van der Waals surface area contributed by atoms with Crippen LogP contribution in [-0.2, 0) is 11.2 Å². The van der Waals surface area contributed by atoms with Crippen molar-refractivity contribution in [3.63, 3.8) is 0 Å². The summed E-state index contributed by atoms with van der Waals surface area (Å²) in [6.45, 7) is 3.47. The molecule has 0 saturated heterocycles. The molecule has 0 unspecified atom stereocenters.